The number of benzene rings is 1. The quantitative estimate of drug-likeness (QED) is 0.148. The molecular weight excluding hydrogens is 338 g/mol. The number of likely N-dealkylation sites (N-methyl/N-ethyl adjacent to an activating group) is 1. The van der Waals surface area contributed by atoms with Crippen molar-refractivity contribution in [1.29, 1.82) is 5.26 Å². The first-order chi connectivity index (χ1) is 11.5. The highest BCUT2D eigenvalue weighted by Gasteiger charge is 2.28. The fourth-order valence-corrected chi connectivity index (χ4v) is 1.74. The summed E-state index contributed by atoms with van der Waals surface area (Å²) in [5.41, 5.74) is -2.34. The Bertz CT molecular complexity index is 824. The van der Waals surface area contributed by atoms with Crippen LogP contribution >= 0.6 is 0 Å². The first-order valence-corrected chi connectivity index (χ1v) is 6.56. The molecule has 11 nitrogen and oxygen atoms in total. The molecule has 0 aromatic heterocycles. The molecule has 0 spiro atoms. The van der Waals surface area contributed by atoms with Gasteiger partial charge in [0.15, 0.2) is 11.3 Å². The van der Waals surface area contributed by atoms with Crippen LogP contribution in [-0.2, 0) is 9.59 Å². The molecular formula is C14H13N3O8. The van der Waals surface area contributed by atoms with E-state index in [0.717, 1.165) is 7.05 Å². The Labute approximate surface area is 140 Å². The summed E-state index contributed by atoms with van der Waals surface area (Å²) in [6.45, 7) is 1.17. The van der Waals surface area contributed by atoms with E-state index >= 15 is 0 Å². The van der Waals surface area contributed by atoms with E-state index in [1.807, 2.05) is 0 Å². The summed E-state index contributed by atoms with van der Waals surface area (Å²) in [6, 6.07) is 1.44. The van der Waals surface area contributed by atoms with Crippen LogP contribution in [0.15, 0.2) is 17.7 Å². The molecule has 1 atom stereocenters. The number of aromatic hydroxyl groups is 2. The van der Waals surface area contributed by atoms with Gasteiger partial charge in [0.1, 0.15) is 17.9 Å². The van der Waals surface area contributed by atoms with Crippen LogP contribution in [0, 0.1) is 21.4 Å². The molecule has 0 saturated heterocycles. The predicted octanol–water partition coefficient (Wildman–Crippen LogP) is 0.730. The number of hydrogen-bond donors (Lipinski definition) is 4. The Hall–Kier alpha value is -3.81. The Morgan fingerprint density at radius 1 is 1.32 bits per heavy atom. The third-order valence-corrected chi connectivity index (χ3v) is 3.36. The van der Waals surface area contributed by atoms with E-state index < -0.39 is 56.9 Å². The van der Waals surface area contributed by atoms with Gasteiger partial charge in [-0.1, -0.05) is 0 Å². The SMILES string of the molecule is CC(C(=O)O)N(C)C(=O)/C(C#N)=C(\O)c1cc(O)c(O)c([N+](=O)[O-])c1. The van der Waals surface area contributed by atoms with Crippen LogP contribution in [-0.4, -0.2) is 55.2 Å². The maximum Gasteiger partial charge on any atom is 0.326 e. The van der Waals surface area contributed by atoms with Gasteiger partial charge in [0.2, 0.25) is 5.75 Å². The second-order valence-corrected chi connectivity index (χ2v) is 4.89. The lowest BCUT2D eigenvalue weighted by Crippen LogP contribution is -2.41. The molecule has 0 radical (unpaired) electrons. The fourth-order valence-electron chi connectivity index (χ4n) is 1.74. The number of aliphatic hydroxyl groups excluding tert-OH is 1. The Balaban J connectivity index is 3.49. The van der Waals surface area contributed by atoms with Gasteiger partial charge in [-0.05, 0) is 13.0 Å². The number of aliphatic carboxylic acids is 1. The molecule has 0 bridgehead atoms. The summed E-state index contributed by atoms with van der Waals surface area (Å²) in [7, 11) is 1.09. The summed E-state index contributed by atoms with van der Waals surface area (Å²) in [5, 5.41) is 57.8. The number of phenolic OH excluding ortho intramolecular Hbond substituents is 2. The zero-order chi connectivity index (χ0) is 19.5. The van der Waals surface area contributed by atoms with Crippen molar-refractivity contribution in [2.75, 3.05) is 7.05 Å². The molecule has 0 heterocycles. The summed E-state index contributed by atoms with van der Waals surface area (Å²) >= 11 is 0. The monoisotopic (exact) mass is 351 g/mol. The number of carbonyl (C=O) groups is 2. The van der Waals surface area contributed by atoms with Crippen molar-refractivity contribution in [2.24, 2.45) is 0 Å². The van der Waals surface area contributed by atoms with E-state index in [1.165, 1.54) is 13.0 Å². The molecule has 25 heavy (non-hydrogen) atoms. The first kappa shape index (κ1) is 19.2. The molecule has 0 aliphatic heterocycles. The number of carboxylic acids is 1. The number of rotatable bonds is 5. The van der Waals surface area contributed by atoms with Gasteiger partial charge in [-0.2, -0.15) is 5.26 Å². The highest BCUT2D eigenvalue weighted by molar-refractivity contribution is 6.04. The molecule has 1 rings (SSSR count). The molecule has 0 saturated carbocycles. The van der Waals surface area contributed by atoms with Crippen molar-refractivity contribution in [3.63, 3.8) is 0 Å². The van der Waals surface area contributed by atoms with Crippen molar-refractivity contribution < 1.29 is 34.9 Å². The predicted molar refractivity (Wildman–Crippen MR) is 81.5 cm³/mol. The van der Waals surface area contributed by atoms with Crippen LogP contribution in [0.5, 0.6) is 11.5 Å². The molecule has 1 aromatic carbocycles. The third kappa shape index (κ3) is 3.75. The van der Waals surface area contributed by atoms with Crippen LogP contribution < -0.4 is 0 Å². The minimum absolute atomic E-state index is 0.483. The Morgan fingerprint density at radius 2 is 1.88 bits per heavy atom. The van der Waals surface area contributed by atoms with Gasteiger partial charge in [0, 0.05) is 18.7 Å². The lowest BCUT2D eigenvalue weighted by atomic mass is 10.1. The van der Waals surface area contributed by atoms with Gasteiger partial charge in [-0.3, -0.25) is 14.9 Å². The minimum Gasteiger partial charge on any atom is -0.506 e. The van der Waals surface area contributed by atoms with Crippen LogP contribution in [0.2, 0.25) is 0 Å². The minimum atomic E-state index is -1.36. The standard InChI is InChI=1S/C14H13N3O8/c1-6(14(22)23)16(2)13(21)8(5-15)11(19)7-3-9(17(24)25)12(20)10(18)4-7/h3-4,6,18-20H,1-2H3,(H,22,23)/b11-8-. The second kappa shape index (κ2) is 7.18. The summed E-state index contributed by atoms with van der Waals surface area (Å²) < 4.78 is 0. The van der Waals surface area contributed by atoms with Gasteiger partial charge in [0.05, 0.1) is 4.92 Å². The lowest BCUT2D eigenvalue weighted by molar-refractivity contribution is -0.386. The number of nitriles is 1. The molecule has 0 fully saturated rings. The van der Waals surface area contributed by atoms with Crippen LogP contribution in [0.4, 0.5) is 5.69 Å². The van der Waals surface area contributed by atoms with Crippen molar-refractivity contribution in [3.8, 4) is 17.6 Å². The number of carbonyl (C=O) groups excluding carboxylic acids is 1. The molecule has 1 unspecified atom stereocenters. The molecule has 0 aliphatic rings. The largest absolute Gasteiger partial charge is 0.506 e. The van der Waals surface area contributed by atoms with Gasteiger partial charge >= 0.3 is 11.7 Å². The number of nitrogens with zero attached hydrogens (tertiary/aromatic N) is 3. The average Bonchev–Trinajstić information content (AvgIpc) is 2.55. The zero-order valence-corrected chi connectivity index (χ0v) is 13.0. The van der Waals surface area contributed by atoms with Crippen LogP contribution in [0.1, 0.15) is 12.5 Å². The maximum absolute atomic E-state index is 12.2. The van der Waals surface area contributed by atoms with Crippen LogP contribution in [0.3, 0.4) is 0 Å². The normalized spacial score (nSPS) is 12.5. The highest BCUT2D eigenvalue weighted by atomic mass is 16.6. The number of hydrogen-bond acceptors (Lipinski definition) is 8. The van der Waals surface area contributed by atoms with Crippen molar-refractivity contribution in [3.05, 3.63) is 33.4 Å². The van der Waals surface area contributed by atoms with Gasteiger partial charge in [-0.25, -0.2) is 4.79 Å². The molecule has 4 N–H and O–H groups in total. The smallest absolute Gasteiger partial charge is 0.326 e. The van der Waals surface area contributed by atoms with Gasteiger partial charge in [0.25, 0.3) is 5.91 Å². The number of amides is 1. The van der Waals surface area contributed by atoms with E-state index in [4.69, 9.17) is 10.4 Å². The van der Waals surface area contributed by atoms with Gasteiger partial charge in [-0.15, -0.1) is 0 Å². The lowest BCUT2D eigenvalue weighted by Gasteiger charge is -2.21. The summed E-state index contributed by atoms with van der Waals surface area (Å²) in [6.07, 6.45) is 0. The number of carboxylic acid groups (broad SMARTS) is 1. The zero-order valence-electron chi connectivity index (χ0n) is 13.0. The fraction of sp³-hybridized carbons (Fsp3) is 0.214. The average molecular weight is 351 g/mol. The van der Waals surface area contributed by atoms with Crippen LogP contribution in [0.25, 0.3) is 5.76 Å². The van der Waals surface area contributed by atoms with Gasteiger partial charge < -0.3 is 25.3 Å². The van der Waals surface area contributed by atoms with E-state index in [2.05, 4.69) is 0 Å². The number of aliphatic hydroxyl groups is 1. The van der Waals surface area contributed by atoms with Crippen molar-refractivity contribution in [1.82, 2.24) is 4.90 Å². The molecule has 1 aromatic rings. The summed E-state index contributed by atoms with van der Waals surface area (Å²) in [5.74, 6) is -5.53. The Kier molecular flexibility index (Phi) is 5.52. The van der Waals surface area contributed by atoms with E-state index in [0.29, 0.717) is 17.0 Å². The Morgan fingerprint density at radius 3 is 2.32 bits per heavy atom. The topological polar surface area (TPSA) is 185 Å². The number of nitro benzene ring substituents is 1. The van der Waals surface area contributed by atoms with Crippen molar-refractivity contribution in [2.45, 2.75) is 13.0 Å². The highest BCUT2D eigenvalue weighted by Crippen LogP contribution is 2.38. The molecule has 132 valence electrons. The first-order valence-electron chi connectivity index (χ1n) is 6.56. The van der Waals surface area contributed by atoms with Crippen molar-refractivity contribution >= 4 is 23.3 Å². The second-order valence-electron chi connectivity index (χ2n) is 4.89. The third-order valence-electron chi connectivity index (χ3n) is 3.36. The molecule has 0 aliphatic carbocycles. The maximum atomic E-state index is 12.2. The summed E-state index contributed by atoms with van der Waals surface area (Å²) in [4.78, 5) is 33.5. The molecule has 11 heteroatoms. The van der Waals surface area contributed by atoms with E-state index in [-0.39, 0.29) is 0 Å². The van der Waals surface area contributed by atoms with E-state index in [1.54, 1.807) is 0 Å². The molecule has 1 amide bonds. The van der Waals surface area contributed by atoms with E-state index in [9.17, 15) is 35.0 Å². The number of nitro groups is 1. The number of phenols is 2.